The molecular formula is C12H13FN2O6. The third-order valence-electron chi connectivity index (χ3n) is 3.13. The van der Waals surface area contributed by atoms with Crippen molar-refractivity contribution < 1.29 is 29.2 Å². The molecule has 0 spiro atoms. The minimum absolute atomic E-state index is 0.0720. The molecule has 1 aromatic heterocycles. The topological polar surface area (TPSA) is 114 Å². The van der Waals surface area contributed by atoms with Gasteiger partial charge in [-0.1, -0.05) is 5.92 Å². The zero-order valence-electron chi connectivity index (χ0n) is 10.9. The first-order chi connectivity index (χ1) is 9.87. The van der Waals surface area contributed by atoms with Gasteiger partial charge in [-0.05, 0) is 0 Å². The lowest BCUT2D eigenvalue weighted by Gasteiger charge is -2.20. The van der Waals surface area contributed by atoms with Crippen LogP contribution in [-0.2, 0) is 4.74 Å². The summed E-state index contributed by atoms with van der Waals surface area (Å²) in [4.78, 5) is 15.4. The Morgan fingerprint density at radius 2 is 2.33 bits per heavy atom. The van der Waals surface area contributed by atoms with Crippen LogP contribution in [0.1, 0.15) is 11.8 Å². The van der Waals surface area contributed by atoms with Crippen molar-refractivity contribution in [3.8, 4) is 18.2 Å². The van der Waals surface area contributed by atoms with Crippen LogP contribution in [0.3, 0.4) is 0 Å². The highest BCUT2D eigenvalue weighted by atomic mass is 19.2. The molecule has 4 atom stereocenters. The Labute approximate surface area is 118 Å². The fourth-order valence-corrected chi connectivity index (χ4v) is 1.99. The van der Waals surface area contributed by atoms with Crippen molar-refractivity contribution in [2.24, 2.45) is 0 Å². The average Bonchev–Trinajstić information content (AvgIpc) is 2.72. The van der Waals surface area contributed by atoms with Gasteiger partial charge in [0.2, 0.25) is 5.88 Å². The Hall–Kier alpha value is -1.99. The molecule has 1 fully saturated rings. The predicted octanol–water partition coefficient (Wildman–Crippen LogP) is -1.86. The van der Waals surface area contributed by atoms with Gasteiger partial charge in [-0.15, -0.1) is 6.42 Å². The average molecular weight is 300 g/mol. The van der Waals surface area contributed by atoms with Crippen molar-refractivity contribution in [1.82, 2.24) is 9.55 Å². The van der Waals surface area contributed by atoms with Gasteiger partial charge < -0.3 is 24.8 Å². The molecule has 0 amide bonds. The molecule has 1 aliphatic rings. The first kappa shape index (κ1) is 15.4. The van der Waals surface area contributed by atoms with Gasteiger partial charge in [-0.25, -0.2) is 9.18 Å². The summed E-state index contributed by atoms with van der Waals surface area (Å²) in [6, 6.07) is 0. The number of rotatable bonds is 3. The molecule has 1 aliphatic heterocycles. The molecule has 0 radical (unpaired) electrons. The Morgan fingerprint density at radius 3 is 2.81 bits per heavy atom. The smallest absolute Gasteiger partial charge is 0.353 e. The van der Waals surface area contributed by atoms with Crippen LogP contribution in [0.5, 0.6) is 5.88 Å². The number of aliphatic hydroxyl groups excluding tert-OH is 3. The van der Waals surface area contributed by atoms with Crippen molar-refractivity contribution in [3.63, 3.8) is 0 Å². The number of nitrogens with zero attached hydrogens (tertiary/aromatic N) is 2. The molecule has 1 aromatic rings. The highest BCUT2D eigenvalue weighted by molar-refractivity contribution is 5.38. The molecule has 0 aliphatic carbocycles. The fraction of sp³-hybridized carbons (Fsp3) is 0.500. The van der Waals surface area contributed by atoms with Gasteiger partial charge in [0.25, 0.3) is 5.85 Å². The van der Waals surface area contributed by atoms with E-state index >= 15 is 0 Å². The summed E-state index contributed by atoms with van der Waals surface area (Å²) in [5.41, 5.74) is -0.855. The second kappa shape index (κ2) is 5.42. The van der Waals surface area contributed by atoms with Gasteiger partial charge in [-0.3, -0.25) is 4.57 Å². The molecule has 114 valence electrons. The molecule has 0 bridgehead atoms. The molecule has 9 heteroatoms. The summed E-state index contributed by atoms with van der Waals surface area (Å²) >= 11 is 0. The van der Waals surface area contributed by atoms with Crippen LogP contribution in [0.25, 0.3) is 0 Å². The maximum Gasteiger partial charge on any atom is 0.353 e. The SMILES string of the molecule is C#Cc1cn([C@@H]2O[C@](F)(CO)[C@@H](O)[C@H]2O)c(=O)nc1OC. The molecule has 8 nitrogen and oxygen atoms in total. The Morgan fingerprint density at radius 1 is 1.67 bits per heavy atom. The predicted molar refractivity (Wildman–Crippen MR) is 66.0 cm³/mol. The van der Waals surface area contributed by atoms with Gasteiger partial charge in [0.15, 0.2) is 6.23 Å². The van der Waals surface area contributed by atoms with Crippen LogP contribution in [0.2, 0.25) is 0 Å². The number of methoxy groups -OCH3 is 1. The zero-order chi connectivity index (χ0) is 15.8. The lowest BCUT2D eigenvalue weighted by atomic mass is 10.1. The third-order valence-corrected chi connectivity index (χ3v) is 3.13. The molecule has 2 rings (SSSR count). The molecule has 0 unspecified atom stereocenters. The van der Waals surface area contributed by atoms with Crippen molar-refractivity contribution >= 4 is 0 Å². The van der Waals surface area contributed by atoms with Crippen LogP contribution in [-0.4, -0.2) is 56.7 Å². The summed E-state index contributed by atoms with van der Waals surface area (Å²) in [5, 5.41) is 28.3. The van der Waals surface area contributed by atoms with Crippen molar-refractivity contribution in [2.45, 2.75) is 24.3 Å². The molecule has 2 heterocycles. The van der Waals surface area contributed by atoms with Crippen molar-refractivity contribution in [2.75, 3.05) is 13.7 Å². The van der Waals surface area contributed by atoms with E-state index in [0.29, 0.717) is 0 Å². The van der Waals surface area contributed by atoms with Gasteiger partial charge >= 0.3 is 5.69 Å². The molecular weight excluding hydrogens is 287 g/mol. The van der Waals surface area contributed by atoms with Crippen LogP contribution in [0.4, 0.5) is 4.39 Å². The minimum Gasteiger partial charge on any atom is -0.480 e. The largest absolute Gasteiger partial charge is 0.480 e. The lowest BCUT2D eigenvalue weighted by molar-refractivity contribution is -0.207. The third kappa shape index (κ3) is 2.38. The number of aromatic nitrogens is 2. The maximum atomic E-state index is 14.0. The number of hydrogen-bond donors (Lipinski definition) is 3. The number of aliphatic hydroxyl groups is 3. The first-order valence-corrected chi connectivity index (χ1v) is 5.85. The molecule has 0 saturated carbocycles. The molecule has 21 heavy (non-hydrogen) atoms. The highest BCUT2D eigenvalue weighted by Crippen LogP contribution is 2.37. The number of halogens is 1. The van der Waals surface area contributed by atoms with Crippen LogP contribution < -0.4 is 10.4 Å². The number of terminal acetylenes is 1. The van der Waals surface area contributed by atoms with Crippen molar-refractivity contribution in [3.05, 3.63) is 22.2 Å². The standard InChI is InChI=1S/C12H13FN2O6/c1-3-6-4-15(11(19)14-9(6)20-2)10-7(17)8(18)12(13,5-16)21-10/h1,4,7-8,10,16-18H,5H2,2H3/t7-,8+,10-,12-/m1/s1. The van der Waals surface area contributed by atoms with Gasteiger partial charge in [0.1, 0.15) is 24.4 Å². The molecule has 1 saturated heterocycles. The van der Waals surface area contributed by atoms with E-state index in [4.69, 9.17) is 21.0 Å². The van der Waals surface area contributed by atoms with E-state index in [9.17, 15) is 19.4 Å². The normalized spacial score (nSPS) is 31.9. The zero-order valence-corrected chi connectivity index (χ0v) is 10.9. The minimum atomic E-state index is -2.89. The molecule has 0 aromatic carbocycles. The second-order valence-corrected chi connectivity index (χ2v) is 4.39. The fourth-order valence-electron chi connectivity index (χ4n) is 1.99. The van der Waals surface area contributed by atoms with Crippen molar-refractivity contribution in [1.29, 1.82) is 0 Å². The second-order valence-electron chi connectivity index (χ2n) is 4.39. The highest BCUT2D eigenvalue weighted by Gasteiger charge is 2.56. The van der Waals surface area contributed by atoms with E-state index in [2.05, 4.69) is 10.9 Å². The van der Waals surface area contributed by atoms with E-state index in [1.54, 1.807) is 0 Å². The van der Waals surface area contributed by atoms with E-state index in [1.807, 2.05) is 0 Å². The summed E-state index contributed by atoms with van der Waals surface area (Å²) < 4.78 is 24.3. The number of ether oxygens (including phenoxy) is 2. The van der Waals surface area contributed by atoms with Gasteiger partial charge in [0, 0.05) is 6.20 Å². The van der Waals surface area contributed by atoms with Crippen LogP contribution in [0.15, 0.2) is 11.0 Å². The summed E-state index contributed by atoms with van der Waals surface area (Å²) in [7, 11) is 1.26. The Balaban J connectivity index is 2.49. The van der Waals surface area contributed by atoms with Gasteiger partial charge in [0.05, 0.1) is 7.11 Å². The quantitative estimate of drug-likeness (QED) is 0.561. The number of hydrogen-bond acceptors (Lipinski definition) is 7. The maximum absolute atomic E-state index is 14.0. The summed E-state index contributed by atoms with van der Waals surface area (Å²) in [5.74, 6) is -0.792. The first-order valence-electron chi connectivity index (χ1n) is 5.85. The van der Waals surface area contributed by atoms with Crippen LogP contribution >= 0.6 is 0 Å². The Bertz CT molecular complexity index is 642. The van der Waals surface area contributed by atoms with E-state index < -0.39 is 36.6 Å². The van der Waals surface area contributed by atoms with E-state index in [-0.39, 0.29) is 11.4 Å². The summed E-state index contributed by atoms with van der Waals surface area (Å²) in [6.07, 6.45) is 0.904. The molecule has 3 N–H and O–H groups in total. The monoisotopic (exact) mass is 300 g/mol. The Kier molecular flexibility index (Phi) is 3.97. The summed E-state index contributed by atoms with van der Waals surface area (Å²) in [6.45, 7) is -1.19. The van der Waals surface area contributed by atoms with Gasteiger partial charge in [-0.2, -0.15) is 4.98 Å². The van der Waals surface area contributed by atoms with E-state index in [0.717, 1.165) is 10.8 Å². The van der Waals surface area contributed by atoms with Crippen LogP contribution in [0, 0.1) is 12.3 Å². The number of alkyl halides is 1. The lowest BCUT2D eigenvalue weighted by Crippen LogP contribution is -2.42. The van der Waals surface area contributed by atoms with E-state index in [1.165, 1.54) is 7.11 Å².